The Morgan fingerprint density at radius 3 is 2.88 bits per heavy atom. The van der Waals surface area contributed by atoms with Crippen molar-refractivity contribution in [2.45, 2.75) is 11.8 Å². The highest BCUT2D eigenvalue weighted by Gasteiger charge is 1.97. The molecule has 0 spiro atoms. The zero-order chi connectivity index (χ0) is 11.2. The number of pyridine rings is 1. The quantitative estimate of drug-likeness (QED) is 0.786. The van der Waals surface area contributed by atoms with Crippen LogP contribution < -0.4 is 4.74 Å². The molecule has 4 heteroatoms. The van der Waals surface area contributed by atoms with Gasteiger partial charge in [0.25, 0.3) is 0 Å². The van der Waals surface area contributed by atoms with E-state index in [1.165, 1.54) is 5.56 Å². The molecule has 16 heavy (non-hydrogen) atoms. The third-order valence-corrected chi connectivity index (χ3v) is 3.48. The lowest BCUT2D eigenvalue weighted by atomic mass is 10.2. The van der Waals surface area contributed by atoms with Crippen molar-refractivity contribution in [2.24, 2.45) is 0 Å². The van der Waals surface area contributed by atoms with Gasteiger partial charge in [0, 0.05) is 11.8 Å². The van der Waals surface area contributed by atoms with Gasteiger partial charge in [-0.2, -0.15) is 11.3 Å². The Morgan fingerprint density at radius 2 is 2.25 bits per heavy atom. The molecule has 0 radical (unpaired) electrons. The van der Waals surface area contributed by atoms with Crippen molar-refractivity contribution in [1.29, 1.82) is 0 Å². The van der Waals surface area contributed by atoms with Crippen LogP contribution in [0.25, 0.3) is 0 Å². The standard InChI is InChI=1S/C12H12BrNOS/c13-7-11-1-2-12(8-14-11)15-5-3-10-4-6-16-9-10/h1-2,4,6,8-9H,3,5,7H2. The lowest BCUT2D eigenvalue weighted by Crippen LogP contribution is -2.01. The molecule has 0 saturated carbocycles. The van der Waals surface area contributed by atoms with Gasteiger partial charge in [-0.3, -0.25) is 4.98 Å². The van der Waals surface area contributed by atoms with Crippen molar-refractivity contribution in [3.8, 4) is 5.75 Å². The zero-order valence-electron chi connectivity index (χ0n) is 8.73. The summed E-state index contributed by atoms with van der Waals surface area (Å²) >= 11 is 5.08. The average molecular weight is 298 g/mol. The predicted molar refractivity (Wildman–Crippen MR) is 70.4 cm³/mol. The molecule has 2 aromatic rings. The van der Waals surface area contributed by atoms with Crippen LogP contribution in [-0.4, -0.2) is 11.6 Å². The fraction of sp³-hybridized carbons (Fsp3) is 0.250. The number of nitrogens with zero attached hydrogens (tertiary/aromatic N) is 1. The molecule has 2 heterocycles. The summed E-state index contributed by atoms with van der Waals surface area (Å²) in [6.07, 6.45) is 2.72. The van der Waals surface area contributed by atoms with Crippen LogP contribution in [0.1, 0.15) is 11.3 Å². The van der Waals surface area contributed by atoms with Crippen LogP contribution in [-0.2, 0) is 11.8 Å². The Kier molecular flexibility index (Phi) is 4.36. The van der Waals surface area contributed by atoms with E-state index in [0.29, 0.717) is 6.61 Å². The fourth-order valence-electron chi connectivity index (χ4n) is 1.30. The number of ether oxygens (including phenoxy) is 1. The number of halogens is 1. The van der Waals surface area contributed by atoms with Crippen molar-refractivity contribution in [3.05, 3.63) is 46.4 Å². The summed E-state index contributed by atoms with van der Waals surface area (Å²) in [7, 11) is 0. The molecule has 0 atom stereocenters. The van der Waals surface area contributed by atoms with E-state index in [1.807, 2.05) is 12.1 Å². The lowest BCUT2D eigenvalue weighted by molar-refractivity contribution is 0.320. The van der Waals surface area contributed by atoms with Crippen LogP contribution >= 0.6 is 27.3 Å². The van der Waals surface area contributed by atoms with Gasteiger partial charge in [-0.1, -0.05) is 15.9 Å². The normalized spacial score (nSPS) is 10.3. The minimum absolute atomic E-state index is 0.700. The number of thiophene rings is 1. The van der Waals surface area contributed by atoms with Crippen molar-refractivity contribution in [3.63, 3.8) is 0 Å². The molecule has 0 unspecified atom stereocenters. The van der Waals surface area contributed by atoms with E-state index >= 15 is 0 Å². The molecule has 0 saturated heterocycles. The Labute approximate surface area is 107 Å². The van der Waals surface area contributed by atoms with Crippen LogP contribution in [0.5, 0.6) is 5.75 Å². The van der Waals surface area contributed by atoms with Gasteiger partial charge in [-0.05, 0) is 34.5 Å². The highest BCUT2D eigenvalue weighted by Crippen LogP contribution is 2.12. The highest BCUT2D eigenvalue weighted by molar-refractivity contribution is 9.08. The molecule has 2 aromatic heterocycles. The summed E-state index contributed by atoms with van der Waals surface area (Å²) in [5, 5.41) is 5.01. The second kappa shape index (κ2) is 6.01. The summed E-state index contributed by atoms with van der Waals surface area (Å²) in [5.74, 6) is 0.833. The van der Waals surface area contributed by atoms with Gasteiger partial charge < -0.3 is 4.74 Å². The molecule has 0 aromatic carbocycles. The van der Waals surface area contributed by atoms with E-state index in [1.54, 1.807) is 17.5 Å². The number of rotatable bonds is 5. The molecular weight excluding hydrogens is 286 g/mol. The summed E-state index contributed by atoms with van der Waals surface area (Å²) in [6, 6.07) is 6.05. The molecule has 2 rings (SSSR count). The Hall–Kier alpha value is -0.870. The van der Waals surface area contributed by atoms with Crippen LogP contribution in [0, 0.1) is 0 Å². The van der Waals surface area contributed by atoms with Crippen molar-refractivity contribution in [2.75, 3.05) is 6.61 Å². The van der Waals surface area contributed by atoms with E-state index in [0.717, 1.165) is 23.2 Å². The first kappa shape index (κ1) is 11.6. The molecule has 0 bridgehead atoms. The van der Waals surface area contributed by atoms with Crippen molar-refractivity contribution in [1.82, 2.24) is 4.98 Å². The molecule has 84 valence electrons. The number of alkyl halides is 1. The highest BCUT2D eigenvalue weighted by atomic mass is 79.9. The second-order valence-electron chi connectivity index (χ2n) is 3.35. The first-order valence-corrected chi connectivity index (χ1v) is 7.09. The van der Waals surface area contributed by atoms with Crippen LogP contribution in [0.4, 0.5) is 0 Å². The smallest absolute Gasteiger partial charge is 0.137 e. The molecule has 0 aliphatic rings. The predicted octanol–water partition coefficient (Wildman–Crippen LogP) is 3.66. The molecule has 0 fully saturated rings. The average Bonchev–Trinajstić information content (AvgIpc) is 2.83. The lowest BCUT2D eigenvalue weighted by Gasteiger charge is -2.05. The third-order valence-electron chi connectivity index (χ3n) is 2.17. The van der Waals surface area contributed by atoms with E-state index in [4.69, 9.17) is 4.74 Å². The summed E-state index contributed by atoms with van der Waals surface area (Å²) in [5.41, 5.74) is 2.35. The molecule has 0 N–H and O–H groups in total. The van der Waals surface area contributed by atoms with Gasteiger partial charge in [0.1, 0.15) is 5.75 Å². The monoisotopic (exact) mass is 297 g/mol. The molecule has 0 aliphatic heterocycles. The number of aromatic nitrogens is 1. The Balaban J connectivity index is 1.81. The maximum Gasteiger partial charge on any atom is 0.137 e. The molecule has 0 aliphatic carbocycles. The fourth-order valence-corrected chi connectivity index (χ4v) is 2.33. The summed E-state index contributed by atoms with van der Waals surface area (Å²) < 4.78 is 5.61. The van der Waals surface area contributed by atoms with E-state index in [-0.39, 0.29) is 0 Å². The third kappa shape index (κ3) is 3.32. The Bertz CT molecular complexity index is 413. The van der Waals surface area contributed by atoms with Crippen molar-refractivity contribution >= 4 is 27.3 Å². The van der Waals surface area contributed by atoms with E-state index in [9.17, 15) is 0 Å². The minimum atomic E-state index is 0.700. The van der Waals surface area contributed by atoms with Crippen LogP contribution in [0.15, 0.2) is 35.2 Å². The SMILES string of the molecule is BrCc1ccc(OCCc2ccsc2)cn1. The second-order valence-corrected chi connectivity index (χ2v) is 4.69. The topological polar surface area (TPSA) is 22.1 Å². The maximum absolute atomic E-state index is 5.61. The zero-order valence-corrected chi connectivity index (χ0v) is 11.1. The maximum atomic E-state index is 5.61. The largest absolute Gasteiger partial charge is 0.492 e. The molecule has 2 nitrogen and oxygen atoms in total. The van der Waals surface area contributed by atoms with Crippen LogP contribution in [0.2, 0.25) is 0 Å². The van der Waals surface area contributed by atoms with Gasteiger partial charge in [0.05, 0.1) is 18.5 Å². The van der Waals surface area contributed by atoms with Crippen molar-refractivity contribution < 1.29 is 4.74 Å². The van der Waals surface area contributed by atoms with Gasteiger partial charge in [0.15, 0.2) is 0 Å². The van der Waals surface area contributed by atoms with Gasteiger partial charge >= 0.3 is 0 Å². The first-order valence-electron chi connectivity index (χ1n) is 5.03. The Morgan fingerprint density at radius 1 is 1.31 bits per heavy atom. The van der Waals surface area contributed by atoms with Gasteiger partial charge in [-0.25, -0.2) is 0 Å². The number of hydrogen-bond acceptors (Lipinski definition) is 3. The summed E-state index contributed by atoms with van der Waals surface area (Å²) in [6.45, 7) is 0.700. The minimum Gasteiger partial charge on any atom is -0.492 e. The first-order chi connectivity index (χ1) is 7.88. The summed E-state index contributed by atoms with van der Waals surface area (Å²) in [4.78, 5) is 4.24. The van der Waals surface area contributed by atoms with E-state index < -0.39 is 0 Å². The number of hydrogen-bond donors (Lipinski definition) is 0. The van der Waals surface area contributed by atoms with Gasteiger partial charge in [0.2, 0.25) is 0 Å². The van der Waals surface area contributed by atoms with Gasteiger partial charge in [-0.15, -0.1) is 0 Å². The molecule has 0 amide bonds. The van der Waals surface area contributed by atoms with E-state index in [2.05, 4.69) is 37.7 Å². The molecular formula is C12H12BrNOS. The van der Waals surface area contributed by atoms with Crippen LogP contribution in [0.3, 0.4) is 0 Å².